The number of nitrogens with zero attached hydrogens (tertiary/aromatic N) is 1. The van der Waals surface area contributed by atoms with Crippen molar-refractivity contribution in [2.75, 3.05) is 26.7 Å². The Hall–Kier alpha value is -0.610. The molecule has 0 atom stereocenters. The second-order valence-corrected chi connectivity index (χ2v) is 7.41. The van der Waals surface area contributed by atoms with Gasteiger partial charge in [-0.15, -0.1) is 0 Å². The molecule has 128 valence electrons. The van der Waals surface area contributed by atoms with Crippen LogP contribution in [0, 0.1) is 11.8 Å². The van der Waals surface area contributed by atoms with Crippen LogP contribution in [-0.4, -0.2) is 48.7 Å². The van der Waals surface area contributed by atoms with Crippen molar-refractivity contribution in [3.63, 3.8) is 0 Å². The van der Waals surface area contributed by atoms with Crippen molar-refractivity contribution >= 4 is 5.91 Å². The van der Waals surface area contributed by atoms with Crippen LogP contribution in [0.4, 0.5) is 0 Å². The van der Waals surface area contributed by atoms with Gasteiger partial charge < -0.3 is 10.4 Å². The zero-order chi connectivity index (χ0) is 15.8. The summed E-state index contributed by atoms with van der Waals surface area (Å²) in [6.07, 6.45) is 12.4. The zero-order valence-electron chi connectivity index (χ0n) is 14.2. The Kier molecular flexibility index (Phi) is 7.67. The maximum Gasteiger partial charge on any atom is 0.234 e. The predicted octanol–water partition coefficient (Wildman–Crippen LogP) is 2.56. The van der Waals surface area contributed by atoms with Gasteiger partial charge in [-0.05, 0) is 51.0 Å². The van der Waals surface area contributed by atoms with Gasteiger partial charge in [0.1, 0.15) is 0 Å². The molecular weight excluding hydrogens is 276 g/mol. The summed E-state index contributed by atoms with van der Waals surface area (Å²) in [5.74, 6) is 1.48. The maximum atomic E-state index is 12.1. The van der Waals surface area contributed by atoms with Gasteiger partial charge in [0.2, 0.25) is 5.91 Å². The number of nitrogens with one attached hydrogen (secondary N) is 1. The SMILES string of the molecule is CN(CC(=O)NCCC1CCCCC1)C1CCC(CO)CC1. The largest absolute Gasteiger partial charge is 0.396 e. The third-order valence-corrected chi connectivity index (χ3v) is 5.69. The van der Waals surface area contributed by atoms with Crippen molar-refractivity contribution in [3.8, 4) is 0 Å². The molecular formula is C18H34N2O2. The second-order valence-electron chi connectivity index (χ2n) is 7.41. The van der Waals surface area contributed by atoms with E-state index in [2.05, 4.69) is 17.3 Å². The van der Waals surface area contributed by atoms with E-state index in [1.807, 2.05) is 0 Å². The molecule has 2 rings (SSSR count). The van der Waals surface area contributed by atoms with Gasteiger partial charge in [-0.3, -0.25) is 9.69 Å². The molecule has 2 fully saturated rings. The molecule has 2 aliphatic carbocycles. The van der Waals surface area contributed by atoms with Gasteiger partial charge in [0.15, 0.2) is 0 Å². The highest BCUT2D eigenvalue weighted by Crippen LogP contribution is 2.27. The fourth-order valence-corrected chi connectivity index (χ4v) is 4.07. The molecule has 2 aliphatic rings. The lowest BCUT2D eigenvalue weighted by Crippen LogP contribution is -2.42. The molecule has 0 bridgehead atoms. The van der Waals surface area contributed by atoms with Gasteiger partial charge in [0.25, 0.3) is 0 Å². The Morgan fingerprint density at radius 3 is 2.36 bits per heavy atom. The standard InChI is InChI=1S/C18H34N2O2/c1-20(17-9-7-16(14-21)8-10-17)13-18(22)19-12-11-15-5-3-2-4-6-15/h15-17,21H,2-14H2,1H3,(H,19,22). The summed E-state index contributed by atoms with van der Waals surface area (Å²) in [4.78, 5) is 14.3. The number of carbonyl (C=O) groups is 1. The normalized spacial score (nSPS) is 27.0. The number of aliphatic hydroxyl groups excluding tert-OH is 1. The van der Waals surface area contributed by atoms with Crippen LogP contribution in [0.1, 0.15) is 64.2 Å². The van der Waals surface area contributed by atoms with Gasteiger partial charge in [-0.25, -0.2) is 0 Å². The average molecular weight is 310 g/mol. The number of hydrogen-bond donors (Lipinski definition) is 2. The number of likely N-dealkylation sites (N-methyl/N-ethyl adjacent to an activating group) is 1. The molecule has 22 heavy (non-hydrogen) atoms. The Balaban J connectivity index is 1.57. The van der Waals surface area contributed by atoms with Crippen molar-refractivity contribution in [2.24, 2.45) is 11.8 Å². The van der Waals surface area contributed by atoms with Crippen molar-refractivity contribution in [1.82, 2.24) is 10.2 Å². The first-order valence-corrected chi connectivity index (χ1v) is 9.27. The Labute approximate surface area is 135 Å². The van der Waals surface area contributed by atoms with Gasteiger partial charge in [-0.1, -0.05) is 32.1 Å². The Bertz CT molecular complexity index is 321. The smallest absolute Gasteiger partial charge is 0.234 e. The lowest BCUT2D eigenvalue weighted by atomic mass is 9.86. The molecule has 0 saturated heterocycles. The van der Waals surface area contributed by atoms with Gasteiger partial charge >= 0.3 is 0 Å². The van der Waals surface area contributed by atoms with E-state index in [0.717, 1.165) is 44.6 Å². The molecule has 0 unspecified atom stereocenters. The van der Waals surface area contributed by atoms with E-state index >= 15 is 0 Å². The topological polar surface area (TPSA) is 52.6 Å². The minimum absolute atomic E-state index is 0.169. The molecule has 4 heteroatoms. The van der Waals surface area contributed by atoms with Crippen LogP contribution >= 0.6 is 0 Å². The van der Waals surface area contributed by atoms with E-state index in [9.17, 15) is 9.90 Å². The number of rotatable bonds is 7. The van der Waals surface area contributed by atoms with Crippen LogP contribution in [0.15, 0.2) is 0 Å². The highest BCUT2D eigenvalue weighted by Gasteiger charge is 2.24. The van der Waals surface area contributed by atoms with Crippen molar-refractivity contribution in [2.45, 2.75) is 70.3 Å². The molecule has 2 N–H and O–H groups in total. The lowest BCUT2D eigenvalue weighted by Gasteiger charge is -2.33. The van der Waals surface area contributed by atoms with Crippen LogP contribution in [0.3, 0.4) is 0 Å². The Morgan fingerprint density at radius 1 is 1.05 bits per heavy atom. The number of aliphatic hydroxyl groups is 1. The first-order valence-electron chi connectivity index (χ1n) is 9.27. The third-order valence-electron chi connectivity index (χ3n) is 5.69. The van der Waals surface area contributed by atoms with Crippen LogP contribution in [0.2, 0.25) is 0 Å². The van der Waals surface area contributed by atoms with Crippen molar-refractivity contribution < 1.29 is 9.90 Å². The molecule has 0 aliphatic heterocycles. The number of amides is 1. The first kappa shape index (κ1) is 17.7. The van der Waals surface area contributed by atoms with E-state index < -0.39 is 0 Å². The fourth-order valence-electron chi connectivity index (χ4n) is 4.07. The maximum absolute atomic E-state index is 12.1. The quantitative estimate of drug-likeness (QED) is 0.760. The van der Waals surface area contributed by atoms with E-state index in [1.54, 1.807) is 0 Å². The number of hydrogen-bond acceptors (Lipinski definition) is 3. The van der Waals surface area contributed by atoms with Crippen LogP contribution in [0.25, 0.3) is 0 Å². The van der Waals surface area contributed by atoms with Crippen molar-refractivity contribution in [3.05, 3.63) is 0 Å². The highest BCUT2D eigenvalue weighted by molar-refractivity contribution is 5.77. The molecule has 0 radical (unpaired) electrons. The first-order chi connectivity index (χ1) is 10.7. The third kappa shape index (κ3) is 5.88. The number of carbonyl (C=O) groups excluding carboxylic acids is 1. The summed E-state index contributed by atoms with van der Waals surface area (Å²) in [5, 5.41) is 12.3. The van der Waals surface area contributed by atoms with E-state index in [0.29, 0.717) is 25.1 Å². The highest BCUT2D eigenvalue weighted by atomic mass is 16.3. The minimum Gasteiger partial charge on any atom is -0.396 e. The summed E-state index contributed by atoms with van der Waals surface area (Å²) in [6, 6.07) is 0.506. The van der Waals surface area contributed by atoms with Crippen LogP contribution in [0.5, 0.6) is 0 Å². The summed E-state index contributed by atoms with van der Waals surface area (Å²) in [6.45, 7) is 1.67. The van der Waals surface area contributed by atoms with Crippen molar-refractivity contribution in [1.29, 1.82) is 0 Å². The molecule has 2 saturated carbocycles. The molecule has 0 aromatic rings. The fraction of sp³-hybridized carbons (Fsp3) is 0.944. The molecule has 0 aromatic heterocycles. The molecule has 0 spiro atoms. The molecule has 0 heterocycles. The monoisotopic (exact) mass is 310 g/mol. The van der Waals surface area contributed by atoms with E-state index in [1.165, 1.54) is 32.1 Å². The van der Waals surface area contributed by atoms with Gasteiger partial charge in [-0.2, -0.15) is 0 Å². The zero-order valence-corrected chi connectivity index (χ0v) is 14.2. The summed E-state index contributed by atoms with van der Waals surface area (Å²) in [5.41, 5.74) is 0. The molecule has 0 aromatic carbocycles. The molecule has 1 amide bonds. The Morgan fingerprint density at radius 2 is 1.73 bits per heavy atom. The predicted molar refractivity (Wildman–Crippen MR) is 89.7 cm³/mol. The summed E-state index contributed by atoms with van der Waals surface area (Å²) < 4.78 is 0. The molecule has 4 nitrogen and oxygen atoms in total. The summed E-state index contributed by atoms with van der Waals surface area (Å²) in [7, 11) is 2.06. The lowest BCUT2D eigenvalue weighted by molar-refractivity contribution is -0.122. The second kappa shape index (κ2) is 9.51. The minimum atomic E-state index is 0.169. The van der Waals surface area contributed by atoms with Crippen LogP contribution in [-0.2, 0) is 4.79 Å². The van der Waals surface area contributed by atoms with E-state index in [-0.39, 0.29) is 5.91 Å². The van der Waals surface area contributed by atoms with Gasteiger partial charge in [0, 0.05) is 19.2 Å². The average Bonchev–Trinajstić information content (AvgIpc) is 2.56. The van der Waals surface area contributed by atoms with Crippen LogP contribution < -0.4 is 5.32 Å². The van der Waals surface area contributed by atoms with Gasteiger partial charge in [0.05, 0.1) is 6.54 Å². The van der Waals surface area contributed by atoms with E-state index in [4.69, 9.17) is 0 Å². The summed E-state index contributed by atoms with van der Waals surface area (Å²) >= 11 is 0.